The number of hydrogen-bond acceptors (Lipinski definition) is 3. The van der Waals surface area contributed by atoms with Crippen LogP contribution in [0.2, 0.25) is 0 Å². The van der Waals surface area contributed by atoms with Crippen molar-refractivity contribution in [3.63, 3.8) is 0 Å². The molecule has 0 aromatic carbocycles. The Labute approximate surface area is 88.5 Å². The summed E-state index contributed by atoms with van der Waals surface area (Å²) in [6, 6.07) is 4.08. The maximum atomic E-state index is 10.1. The minimum absolute atomic E-state index is 0.315. The lowest BCUT2D eigenvalue weighted by Gasteiger charge is -2.28. The molecular formula is C11H16O2S. The van der Waals surface area contributed by atoms with Crippen molar-refractivity contribution in [2.75, 3.05) is 6.61 Å². The molecule has 1 N–H and O–H groups in total. The highest BCUT2D eigenvalue weighted by Crippen LogP contribution is 2.30. The number of aliphatic hydroxyl groups is 1. The Morgan fingerprint density at radius 2 is 2.57 bits per heavy atom. The van der Waals surface area contributed by atoms with Gasteiger partial charge in [0.2, 0.25) is 0 Å². The molecule has 2 heterocycles. The molecule has 2 nitrogen and oxygen atoms in total. The van der Waals surface area contributed by atoms with Crippen molar-refractivity contribution in [1.29, 1.82) is 0 Å². The lowest BCUT2D eigenvalue weighted by atomic mass is 9.93. The second-order valence-corrected chi connectivity index (χ2v) is 5.10. The molecule has 78 valence electrons. The molecule has 0 bridgehead atoms. The highest BCUT2D eigenvalue weighted by molar-refractivity contribution is 7.09. The van der Waals surface area contributed by atoms with Crippen molar-refractivity contribution in [3.05, 3.63) is 22.4 Å². The first-order valence-corrected chi connectivity index (χ1v) is 5.93. The molecule has 1 aromatic rings. The maximum Gasteiger partial charge on any atom is 0.0916 e. The van der Waals surface area contributed by atoms with E-state index in [-0.39, 0.29) is 11.7 Å². The van der Waals surface area contributed by atoms with E-state index in [1.807, 2.05) is 18.4 Å². The summed E-state index contributed by atoms with van der Waals surface area (Å²) in [5.74, 6) is 0. The lowest BCUT2D eigenvalue weighted by molar-refractivity contribution is -0.0765. The van der Waals surface area contributed by atoms with Crippen molar-refractivity contribution in [1.82, 2.24) is 0 Å². The van der Waals surface area contributed by atoms with Crippen LogP contribution < -0.4 is 0 Å². The van der Waals surface area contributed by atoms with Crippen molar-refractivity contribution in [3.8, 4) is 0 Å². The van der Waals surface area contributed by atoms with Crippen LogP contribution in [0.15, 0.2) is 17.5 Å². The fourth-order valence-corrected chi connectivity index (χ4v) is 2.64. The van der Waals surface area contributed by atoms with Gasteiger partial charge in [0.25, 0.3) is 0 Å². The van der Waals surface area contributed by atoms with Gasteiger partial charge in [-0.3, -0.25) is 0 Å². The van der Waals surface area contributed by atoms with Crippen molar-refractivity contribution in [2.24, 2.45) is 0 Å². The monoisotopic (exact) mass is 212 g/mol. The first kappa shape index (κ1) is 10.1. The zero-order valence-corrected chi connectivity index (χ0v) is 9.22. The summed E-state index contributed by atoms with van der Waals surface area (Å²) in [4.78, 5) is 1.23. The number of thiophene rings is 1. The molecule has 2 unspecified atom stereocenters. The van der Waals surface area contributed by atoms with E-state index >= 15 is 0 Å². The van der Waals surface area contributed by atoms with Crippen LogP contribution in [0.3, 0.4) is 0 Å². The molecular weight excluding hydrogens is 196 g/mol. The highest BCUT2D eigenvalue weighted by Gasteiger charge is 2.37. The average Bonchev–Trinajstić information content (AvgIpc) is 2.76. The third kappa shape index (κ3) is 2.00. The Bertz CT molecular complexity index is 275. The van der Waals surface area contributed by atoms with Crippen LogP contribution in [0.5, 0.6) is 0 Å². The first-order chi connectivity index (χ1) is 6.71. The quantitative estimate of drug-likeness (QED) is 0.832. The molecule has 14 heavy (non-hydrogen) atoms. The Kier molecular flexibility index (Phi) is 2.91. The normalized spacial score (nSPS) is 29.3. The fraction of sp³-hybridized carbons (Fsp3) is 0.636. The Morgan fingerprint density at radius 3 is 3.14 bits per heavy atom. The SMILES string of the molecule is CC1(C(O)Cc2cccs2)CCCO1. The standard InChI is InChI=1S/C11H16O2S/c1-11(5-3-6-13-11)10(12)8-9-4-2-7-14-9/h2,4,7,10,12H,3,5-6,8H2,1H3. The number of hydrogen-bond donors (Lipinski definition) is 1. The summed E-state index contributed by atoms with van der Waals surface area (Å²) < 4.78 is 5.61. The van der Waals surface area contributed by atoms with Crippen molar-refractivity contribution < 1.29 is 9.84 Å². The van der Waals surface area contributed by atoms with Gasteiger partial charge in [0.05, 0.1) is 11.7 Å². The molecule has 1 aliphatic heterocycles. The molecule has 1 fully saturated rings. The van der Waals surface area contributed by atoms with Crippen LogP contribution >= 0.6 is 11.3 Å². The van der Waals surface area contributed by atoms with Gasteiger partial charge in [-0.1, -0.05) is 6.07 Å². The zero-order chi connectivity index (χ0) is 10.0. The van der Waals surface area contributed by atoms with E-state index in [9.17, 15) is 5.11 Å². The third-order valence-corrected chi connectivity index (χ3v) is 3.83. The van der Waals surface area contributed by atoms with E-state index < -0.39 is 0 Å². The minimum atomic E-state index is -0.372. The van der Waals surface area contributed by atoms with Crippen LogP contribution in [0.1, 0.15) is 24.6 Å². The molecule has 0 amide bonds. The fourth-order valence-electron chi connectivity index (χ4n) is 1.90. The zero-order valence-electron chi connectivity index (χ0n) is 8.40. The van der Waals surface area contributed by atoms with Crippen LogP contribution in [-0.4, -0.2) is 23.4 Å². The van der Waals surface area contributed by atoms with Gasteiger partial charge >= 0.3 is 0 Å². The molecule has 1 aromatic heterocycles. The number of rotatable bonds is 3. The Morgan fingerprint density at radius 1 is 1.71 bits per heavy atom. The van der Waals surface area contributed by atoms with Gasteiger partial charge in [-0.15, -0.1) is 11.3 Å². The van der Waals surface area contributed by atoms with Gasteiger partial charge in [0, 0.05) is 17.9 Å². The smallest absolute Gasteiger partial charge is 0.0916 e. The van der Waals surface area contributed by atoms with E-state index in [4.69, 9.17) is 4.74 Å². The van der Waals surface area contributed by atoms with Gasteiger partial charge in [0.15, 0.2) is 0 Å². The van der Waals surface area contributed by atoms with Crippen molar-refractivity contribution >= 4 is 11.3 Å². The summed E-state index contributed by atoms with van der Waals surface area (Å²) in [5.41, 5.74) is -0.315. The number of aliphatic hydroxyl groups excluding tert-OH is 1. The molecule has 0 spiro atoms. The molecule has 0 radical (unpaired) electrons. The van der Waals surface area contributed by atoms with Crippen LogP contribution in [0.25, 0.3) is 0 Å². The first-order valence-electron chi connectivity index (χ1n) is 5.05. The molecule has 2 atom stereocenters. The second kappa shape index (κ2) is 4.01. The second-order valence-electron chi connectivity index (χ2n) is 4.06. The summed E-state index contributed by atoms with van der Waals surface area (Å²) in [7, 11) is 0. The Balaban J connectivity index is 1.98. The summed E-state index contributed by atoms with van der Waals surface area (Å²) in [6.45, 7) is 2.80. The van der Waals surface area contributed by atoms with Crippen LogP contribution in [0.4, 0.5) is 0 Å². The molecule has 1 saturated heterocycles. The van der Waals surface area contributed by atoms with Gasteiger partial charge in [-0.2, -0.15) is 0 Å². The lowest BCUT2D eigenvalue weighted by Crippen LogP contribution is -2.39. The largest absolute Gasteiger partial charge is 0.390 e. The summed E-state index contributed by atoms with van der Waals surface area (Å²) in [6.07, 6.45) is 2.38. The summed E-state index contributed by atoms with van der Waals surface area (Å²) in [5, 5.41) is 12.1. The van der Waals surface area contributed by atoms with E-state index in [0.717, 1.165) is 19.4 Å². The predicted octanol–water partition coefficient (Wildman–Crippen LogP) is 2.22. The summed E-state index contributed by atoms with van der Waals surface area (Å²) >= 11 is 1.69. The maximum absolute atomic E-state index is 10.1. The predicted molar refractivity (Wildman–Crippen MR) is 57.6 cm³/mol. The van der Waals surface area contributed by atoms with Gasteiger partial charge in [0.1, 0.15) is 0 Å². The molecule has 0 aliphatic carbocycles. The third-order valence-electron chi connectivity index (χ3n) is 2.93. The van der Waals surface area contributed by atoms with Gasteiger partial charge in [-0.05, 0) is 31.2 Å². The van der Waals surface area contributed by atoms with Crippen LogP contribution in [0, 0.1) is 0 Å². The van der Waals surface area contributed by atoms with Gasteiger partial charge < -0.3 is 9.84 Å². The van der Waals surface area contributed by atoms with Crippen molar-refractivity contribution in [2.45, 2.75) is 37.9 Å². The average molecular weight is 212 g/mol. The molecule has 0 saturated carbocycles. The topological polar surface area (TPSA) is 29.5 Å². The van der Waals surface area contributed by atoms with E-state index in [1.165, 1.54) is 4.88 Å². The minimum Gasteiger partial charge on any atom is -0.390 e. The van der Waals surface area contributed by atoms with E-state index in [2.05, 4.69) is 6.07 Å². The van der Waals surface area contributed by atoms with E-state index in [1.54, 1.807) is 11.3 Å². The van der Waals surface area contributed by atoms with Gasteiger partial charge in [-0.25, -0.2) is 0 Å². The molecule has 2 rings (SSSR count). The molecule has 3 heteroatoms. The van der Waals surface area contributed by atoms with E-state index in [0.29, 0.717) is 6.42 Å². The van der Waals surface area contributed by atoms with Crippen LogP contribution in [-0.2, 0) is 11.2 Å². The molecule has 1 aliphatic rings. The Hall–Kier alpha value is -0.380. The number of ether oxygens (including phenoxy) is 1. The highest BCUT2D eigenvalue weighted by atomic mass is 32.1.